The summed E-state index contributed by atoms with van der Waals surface area (Å²) in [6.45, 7) is 8.50. The molecule has 1 atom stereocenters. The van der Waals surface area contributed by atoms with Crippen LogP contribution in [0, 0.1) is 11.2 Å². The lowest BCUT2D eigenvalue weighted by Gasteiger charge is -2.36. The van der Waals surface area contributed by atoms with Crippen molar-refractivity contribution in [1.82, 2.24) is 9.55 Å². The Labute approximate surface area is 193 Å². The van der Waals surface area contributed by atoms with Crippen LogP contribution in [0.5, 0.6) is 5.75 Å². The van der Waals surface area contributed by atoms with E-state index in [1.165, 1.54) is 6.07 Å². The van der Waals surface area contributed by atoms with Crippen molar-refractivity contribution in [2.75, 3.05) is 5.32 Å². The third-order valence-corrected chi connectivity index (χ3v) is 6.23. The predicted octanol–water partition coefficient (Wildman–Crippen LogP) is 6.47. The van der Waals surface area contributed by atoms with Crippen LogP contribution in [0.2, 0.25) is 0 Å². The van der Waals surface area contributed by atoms with Gasteiger partial charge < -0.3 is 19.7 Å². The van der Waals surface area contributed by atoms with Crippen LogP contribution in [-0.2, 0) is 11.2 Å². The van der Waals surface area contributed by atoms with Crippen molar-refractivity contribution in [1.29, 1.82) is 0 Å². The molecule has 6 nitrogen and oxygen atoms in total. The maximum Gasteiger partial charge on any atom is 0.307 e. The molecule has 1 aliphatic carbocycles. The zero-order valence-electron chi connectivity index (χ0n) is 19.7. The zero-order chi connectivity index (χ0) is 23.8. The van der Waals surface area contributed by atoms with Gasteiger partial charge in [0, 0.05) is 23.4 Å². The number of fused-ring (bicyclic) bond motifs is 1. The van der Waals surface area contributed by atoms with Crippen LogP contribution >= 0.6 is 0 Å². The van der Waals surface area contributed by atoms with E-state index in [9.17, 15) is 9.18 Å². The quantitative estimate of drug-likeness (QED) is 0.428. The number of rotatable bonds is 7. The van der Waals surface area contributed by atoms with Gasteiger partial charge in [0.05, 0.1) is 23.6 Å². The highest BCUT2D eigenvalue weighted by atomic mass is 19.1. The van der Waals surface area contributed by atoms with Crippen molar-refractivity contribution >= 4 is 28.6 Å². The van der Waals surface area contributed by atoms with Crippen LogP contribution in [0.4, 0.5) is 16.0 Å². The molecule has 1 saturated carbocycles. The lowest BCUT2D eigenvalue weighted by atomic mass is 9.75. The molecule has 33 heavy (non-hydrogen) atoms. The van der Waals surface area contributed by atoms with Gasteiger partial charge in [-0.1, -0.05) is 20.3 Å². The number of imidazole rings is 1. The molecule has 1 heterocycles. The molecule has 3 aromatic rings. The standard InChI is InChI=1S/C26H32FN3O3/c1-16(2)33-20-9-7-18(8-10-20)28-25-29-22-12-17(13-24(31)32)21(27)14-23(22)30(25)19-6-5-11-26(3,4)15-19/h7-10,12,14,16,19H,5-6,11,13,15H2,1-4H3,(H,28,29)(H,31,32). The van der Waals surface area contributed by atoms with E-state index < -0.39 is 11.8 Å². The summed E-state index contributed by atoms with van der Waals surface area (Å²) in [5.41, 5.74) is 2.47. The van der Waals surface area contributed by atoms with Gasteiger partial charge in [0.15, 0.2) is 0 Å². The van der Waals surface area contributed by atoms with E-state index >= 15 is 0 Å². The number of aliphatic carboxylic acids is 1. The number of benzene rings is 2. The zero-order valence-corrected chi connectivity index (χ0v) is 19.7. The fourth-order valence-corrected chi connectivity index (χ4v) is 4.81. The molecular weight excluding hydrogens is 421 g/mol. The Kier molecular flexibility index (Phi) is 6.32. The van der Waals surface area contributed by atoms with Gasteiger partial charge >= 0.3 is 5.97 Å². The van der Waals surface area contributed by atoms with Gasteiger partial charge in [0.2, 0.25) is 5.95 Å². The molecular formula is C26H32FN3O3. The number of carbonyl (C=O) groups is 1. The first-order valence-electron chi connectivity index (χ1n) is 11.6. The van der Waals surface area contributed by atoms with E-state index in [4.69, 9.17) is 14.8 Å². The van der Waals surface area contributed by atoms with E-state index in [1.54, 1.807) is 6.07 Å². The predicted molar refractivity (Wildman–Crippen MR) is 128 cm³/mol. The first-order valence-corrected chi connectivity index (χ1v) is 11.6. The van der Waals surface area contributed by atoms with Crippen molar-refractivity contribution in [3.8, 4) is 5.75 Å². The lowest BCUT2D eigenvalue weighted by molar-refractivity contribution is -0.136. The van der Waals surface area contributed by atoms with Gasteiger partial charge in [0.1, 0.15) is 11.6 Å². The van der Waals surface area contributed by atoms with Gasteiger partial charge in [-0.2, -0.15) is 0 Å². The molecule has 0 bridgehead atoms. The molecule has 2 aromatic carbocycles. The SMILES string of the molecule is CC(C)Oc1ccc(Nc2nc3cc(CC(=O)O)c(F)cc3n2C2CCCC(C)(C)C2)cc1. The van der Waals surface area contributed by atoms with E-state index in [0.29, 0.717) is 17.0 Å². The second kappa shape index (κ2) is 9.04. The van der Waals surface area contributed by atoms with E-state index in [1.807, 2.05) is 38.1 Å². The minimum absolute atomic E-state index is 0.0950. The van der Waals surface area contributed by atoms with Crippen molar-refractivity contribution in [2.24, 2.45) is 5.41 Å². The number of hydrogen-bond donors (Lipinski definition) is 2. The molecule has 4 rings (SSSR count). The summed E-state index contributed by atoms with van der Waals surface area (Å²) in [6, 6.07) is 10.9. The molecule has 2 N–H and O–H groups in total. The van der Waals surface area contributed by atoms with E-state index in [2.05, 4.69) is 23.7 Å². The molecule has 0 saturated heterocycles. The molecule has 7 heteroatoms. The molecule has 1 aromatic heterocycles. The van der Waals surface area contributed by atoms with Gasteiger partial charge in [-0.15, -0.1) is 0 Å². The highest BCUT2D eigenvalue weighted by Crippen LogP contribution is 2.43. The number of anilines is 2. The number of carboxylic acids is 1. The van der Waals surface area contributed by atoms with E-state index in [-0.39, 0.29) is 29.5 Å². The normalized spacial score (nSPS) is 17.9. The summed E-state index contributed by atoms with van der Waals surface area (Å²) in [5.74, 6) is -0.151. The Morgan fingerprint density at radius 3 is 2.67 bits per heavy atom. The van der Waals surface area contributed by atoms with Crippen LogP contribution in [-0.4, -0.2) is 26.7 Å². The minimum Gasteiger partial charge on any atom is -0.491 e. The van der Waals surface area contributed by atoms with Crippen LogP contribution in [0.1, 0.15) is 65.0 Å². The smallest absolute Gasteiger partial charge is 0.307 e. The number of hydrogen-bond acceptors (Lipinski definition) is 4. The van der Waals surface area contributed by atoms with Crippen molar-refractivity contribution in [3.63, 3.8) is 0 Å². The summed E-state index contributed by atoms with van der Waals surface area (Å²) in [5, 5.41) is 12.5. The first kappa shape index (κ1) is 23.1. The Bertz CT molecular complexity index is 1150. The second-order valence-electron chi connectivity index (χ2n) is 10.0. The highest BCUT2D eigenvalue weighted by molar-refractivity contribution is 5.82. The molecule has 0 spiro atoms. The Morgan fingerprint density at radius 2 is 2.03 bits per heavy atom. The Balaban J connectivity index is 1.75. The van der Waals surface area contributed by atoms with E-state index in [0.717, 1.165) is 37.1 Å². The summed E-state index contributed by atoms with van der Waals surface area (Å²) < 4.78 is 22.7. The lowest BCUT2D eigenvalue weighted by Crippen LogP contribution is -2.25. The number of carboxylic acid groups (broad SMARTS) is 1. The van der Waals surface area contributed by atoms with Crippen LogP contribution in [0.3, 0.4) is 0 Å². The molecule has 1 unspecified atom stereocenters. The van der Waals surface area contributed by atoms with Gasteiger partial charge in [-0.05, 0) is 68.9 Å². The van der Waals surface area contributed by atoms with Gasteiger partial charge in [-0.25, -0.2) is 9.37 Å². The van der Waals surface area contributed by atoms with Crippen molar-refractivity contribution in [2.45, 2.75) is 71.9 Å². The van der Waals surface area contributed by atoms with Gasteiger partial charge in [-0.3, -0.25) is 4.79 Å². The molecule has 0 amide bonds. The average molecular weight is 454 g/mol. The fourth-order valence-electron chi connectivity index (χ4n) is 4.81. The van der Waals surface area contributed by atoms with Gasteiger partial charge in [0.25, 0.3) is 0 Å². The minimum atomic E-state index is -1.07. The molecule has 0 radical (unpaired) electrons. The largest absolute Gasteiger partial charge is 0.491 e. The second-order valence-corrected chi connectivity index (χ2v) is 10.0. The fraction of sp³-hybridized carbons (Fsp3) is 0.462. The Morgan fingerprint density at radius 1 is 1.30 bits per heavy atom. The number of aromatic nitrogens is 2. The maximum atomic E-state index is 14.8. The molecule has 1 aliphatic rings. The average Bonchev–Trinajstić information content (AvgIpc) is 3.04. The summed E-state index contributed by atoms with van der Waals surface area (Å²) in [4.78, 5) is 15.9. The van der Waals surface area contributed by atoms with Crippen LogP contribution in [0.25, 0.3) is 11.0 Å². The third kappa shape index (κ3) is 5.29. The number of nitrogens with one attached hydrogen (secondary N) is 1. The highest BCUT2D eigenvalue weighted by Gasteiger charge is 2.31. The monoisotopic (exact) mass is 453 g/mol. The number of halogens is 1. The van der Waals surface area contributed by atoms with Crippen molar-refractivity contribution < 1.29 is 19.0 Å². The third-order valence-electron chi connectivity index (χ3n) is 6.23. The maximum absolute atomic E-state index is 14.8. The van der Waals surface area contributed by atoms with Crippen LogP contribution < -0.4 is 10.1 Å². The molecule has 0 aliphatic heterocycles. The number of nitrogens with zero attached hydrogens (tertiary/aromatic N) is 2. The first-order chi connectivity index (χ1) is 15.6. The van der Waals surface area contributed by atoms with Crippen molar-refractivity contribution in [3.05, 3.63) is 47.8 Å². The summed E-state index contributed by atoms with van der Waals surface area (Å²) >= 11 is 0. The summed E-state index contributed by atoms with van der Waals surface area (Å²) in [7, 11) is 0. The number of ether oxygens (including phenoxy) is 1. The molecule has 176 valence electrons. The summed E-state index contributed by atoms with van der Waals surface area (Å²) in [6.07, 6.45) is 3.93. The van der Waals surface area contributed by atoms with Crippen LogP contribution in [0.15, 0.2) is 36.4 Å². The topological polar surface area (TPSA) is 76.4 Å². The Hall–Kier alpha value is -3.09. The molecule has 1 fully saturated rings.